The minimum absolute atomic E-state index is 0.0354. The highest BCUT2D eigenvalue weighted by atomic mass is 16.2. The van der Waals surface area contributed by atoms with Crippen molar-refractivity contribution in [1.82, 2.24) is 10.2 Å². The van der Waals surface area contributed by atoms with E-state index in [-0.39, 0.29) is 30.3 Å². The van der Waals surface area contributed by atoms with Crippen molar-refractivity contribution in [3.8, 4) is 0 Å². The molecule has 3 N–H and O–H groups in total. The van der Waals surface area contributed by atoms with Crippen LogP contribution in [0.1, 0.15) is 45.4 Å². The van der Waals surface area contributed by atoms with Crippen LogP contribution < -0.4 is 11.1 Å². The van der Waals surface area contributed by atoms with Crippen LogP contribution in [0.25, 0.3) is 0 Å². The first-order chi connectivity index (χ1) is 9.54. The monoisotopic (exact) mass is 281 g/mol. The average molecular weight is 281 g/mol. The number of nitrogens with two attached hydrogens (primary N) is 1. The molecule has 2 aliphatic rings. The molecule has 1 saturated heterocycles. The molecule has 0 aromatic carbocycles. The number of carbonyl (C=O) groups is 3. The van der Waals surface area contributed by atoms with Crippen molar-refractivity contribution >= 4 is 17.7 Å². The summed E-state index contributed by atoms with van der Waals surface area (Å²) in [6.45, 7) is 1.81. The Balaban J connectivity index is 2.16. The Labute approximate surface area is 119 Å². The van der Waals surface area contributed by atoms with Crippen molar-refractivity contribution < 1.29 is 14.4 Å². The van der Waals surface area contributed by atoms with Crippen molar-refractivity contribution in [2.45, 2.75) is 57.5 Å². The Kier molecular flexibility index (Phi) is 4.75. The van der Waals surface area contributed by atoms with Gasteiger partial charge < -0.3 is 10.6 Å². The Morgan fingerprint density at radius 1 is 1.30 bits per heavy atom. The number of piperazine rings is 1. The van der Waals surface area contributed by atoms with Gasteiger partial charge in [0.05, 0.1) is 5.92 Å². The summed E-state index contributed by atoms with van der Waals surface area (Å²) in [6.07, 6.45) is 5.21. The van der Waals surface area contributed by atoms with Crippen molar-refractivity contribution in [1.29, 1.82) is 0 Å². The van der Waals surface area contributed by atoms with E-state index in [9.17, 15) is 14.4 Å². The highest BCUT2D eigenvalue weighted by Crippen LogP contribution is 2.25. The van der Waals surface area contributed by atoms with Crippen LogP contribution in [0.3, 0.4) is 0 Å². The van der Waals surface area contributed by atoms with E-state index >= 15 is 0 Å². The molecule has 0 aromatic rings. The maximum absolute atomic E-state index is 12.7. The van der Waals surface area contributed by atoms with E-state index in [1.54, 1.807) is 0 Å². The molecular weight excluding hydrogens is 258 g/mol. The molecule has 0 spiro atoms. The Bertz CT molecular complexity index is 410. The summed E-state index contributed by atoms with van der Waals surface area (Å²) >= 11 is 0. The van der Waals surface area contributed by atoms with Gasteiger partial charge in [-0.05, 0) is 19.3 Å². The number of nitrogens with one attached hydrogen (secondary N) is 1. The van der Waals surface area contributed by atoms with Gasteiger partial charge in [0.1, 0.15) is 12.6 Å². The van der Waals surface area contributed by atoms with Crippen LogP contribution in [0.15, 0.2) is 0 Å². The molecule has 1 saturated carbocycles. The first-order valence-corrected chi connectivity index (χ1v) is 7.44. The molecule has 0 aromatic heterocycles. The third-order valence-corrected chi connectivity index (χ3v) is 4.31. The zero-order chi connectivity index (χ0) is 14.7. The summed E-state index contributed by atoms with van der Waals surface area (Å²) < 4.78 is 0. The van der Waals surface area contributed by atoms with Crippen molar-refractivity contribution in [3.05, 3.63) is 0 Å². The maximum atomic E-state index is 12.7. The summed E-state index contributed by atoms with van der Waals surface area (Å²) in [5, 5.41) is 2.29. The molecule has 1 heterocycles. The van der Waals surface area contributed by atoms with Gasteiger partial charge in [0, 0.05) is 6.04 Å². The number of rotatable bonds is 2. The van der Waals surface area contributed by atoms with Gasteiger partial charge in [0.25, 0.3) is 0 Å². The highest BCUT2D eigenvalue weighted by molar-refractivity contribution is 6.04. The van der Waals surface area contributed by atoms with Gasteiger partial charge in [-0.2, -0.15) is 0 Å². The van der Waals surface area contributed by atoms with Crippen LogP contribution >= 0.6 is 0 Å². The highest BCUT2D eigenvalue weighted by Gasteiger charge is 2.39. The number of carbonyl (C=O) groups excluding carboxylic acids is 3. The molecular formula is C14H23N3O3. The lowest BCUT2D eigenvalue weighted by atomic mass is 9.92. The molecule has 2 rings (SSSR count). The van der Waals surface area contributed by atoms with E-state index < -0.39 is 11.9 Å². The Morgan fingerprint density at radius 3 is 2.70 bits per heavy atom. The van der Waals surface area contributed by atoms with Crippen LogP contribution in [0, 0.1) is 5.92 Å². The molecule has 0 radical (unpaired) electrons. The van der Waals surface area contributed by atoms with Gasteiger partial charge in [0.2, 0.25) is 17.7 Å². The number of nitrogens with zero attached hydrogens (tertiary/aromatic N) is 1. The van der Waals surface area contributed by atoms with E-state index in [2.05, 4.69) is 5.32 Å². The molecule has 1 aliphatic heterocycles. The second-order valence-electron chi connectivity index (χ2n) is 5.71. The van der Waals surface area contributed by atoms with Crippen LogP contribution in [-0.2, 0) is 14.4 Å². The largest absolute Gasteiger partial charge is 0.327 e. The fourth-order valence-corrected chi connectivity index (χ4v) is 3.16. The molecule has 112 valence electrons. The van der Waals surface area contributed by atoms with Gasteiger partial charge in [-0.3, -0.25) is 19.7 Å². The van der Waals surface area contributed by atoms with E-state index in [4.69, 9.17) is 5.73 Å². The van der Waals surface area contributed by atoms with Gasteiger partial charge >= 0.3 is 0 Å². The molecule has 3 unspecified atom stereocenters. The predicted octanol–water partition coefficient (Wildman–Crippen LogP) is 0.158. The predicted molar refractivity (Wildman–Crippen MR) is 73.5 cm³/mol. The lowest BCUT2D eigenvalue weighted by Gasteiger charge is -2.36. The van der Waals surface area contributed by atoms with Crippen LogP contribution in [0.5, 0.6) is 0 Å². The minimum atomic E-state index is -0.546. The van der Waals surface area contributed by atoms with E-state index in [1.165, 1.54) is 4.90 Å². The molecule has 0 bridgehead atoms. The first-order valence-electron chi connectivity index (χ1n) is 7.44. The molecule has 20 heavy (non-hydrogen) atoms. The smallest absolute Gasteiger partial charge is 0.249 e. The van der Waals surface area contributed by atoms with Crippen molar-refractivity contribution in [3.63, 3.8) is 0 Å². The standard InChI is InChI=1S/C14H23N3O3/c1-2-11-13(19)16-12(18)8-17(11)14(20)9-6-4-3-5-7-10(9)15/h9-11H,2-8,15H2,1H3,(H,16,18,19). The van der Waals surface area contributed by atoms with Gasteiger partial charge in [-0.25, -0.2) is 0 Å². The van der Waals surface area contributed by atoms with Crippen LogP contribution in [0.2, 0.25) is 0 Å². The SMILES string of the molecule is CCC1C(=O)NC(=O)CN1C(=O)C1CCCCCC1N. The third-order valence-electron chi connectivity index (χ3n) is 4.31. The summed E-state index contributed by atoms with van der Waals surface area (Å²) in [7, 11) is 0. The topological polar surface area (TPSA) is 92.5 Å². The van der Waals surface area contributed by atoms with Crippen molar-refractivity contribution in [2.24, 2.45) is 11.7 Å². The Hall–Kier alpha value is -1.43. The maximum Gasteiger partial charge on any atom is 0.249 e. The van der Waals surface area contributed by atoms with Crippen LogP contribution in [0.4, 0.5) is 0 Å². The fraction of sp³-hybridized carbons (Fsp3) is 0.786. The third kappa shape index (κ3) is 3.00. The minimum Gasteiger partial charge on any atom is -0.327 e. The van der Waals surface area contributed by atoms with Crippen LogP contribution in [-0.4, -0.2) is 41.2 Å². The lowest BCUT2D eigenvalue weighted by molar-refractivity contribution is -0.152. The van der Waals surface area contributed by atoms with Gasteiger partial charge in [0.15, 0.2) is 0 Å². The molecule has 6 nitrogen and oxygen atoms in total. The zero-order valence-corrected chi connectivity index (χ0v) is 11.9. The summed E-state index contributed by atoms with van der Waals surface area (Å²) in [5.41, 5.74) is 6.11. The summed E-state index contributed by atoms with van der Waals surface area (Å²) in [6, 6.07) is -0.710. The van der Waals surface area contributed by atoms with Crippen molar-refractivity contribution in [2.75, 3.05) is 6.54 Å². The molecule has 2 fully saturated rings. The number of amides is 3. The molecule has 3 amide bonds. The normalized spacial score (nSPS) is 31.7. The van der Waals surface area contributed by atoms with E-state index in [0.717, 1.165) is 32.1 Å². The molecule has 1 aliphatic carbocycles. The molecule has 6 heteroatoms. The van der Waals surface area contributed by atoms with E-state index in [0.29, 0.717) is 6.42 Å². The van der Waals surface area contributed by atoms with E-state index in [1.807, 2.05) is 6.92 Å². The van der Waals surface area contributed by atoms with Gasteiger partial charge in [-0.15, -0.1) is 0 Å². The number of hydrogen-bond donors (Lipinski definition) is 2. The fourth-order valence-electron chi connectivity index (χ4n) is 3.16. The second-order valence-corrected chi connectivity index (χ2v) is 5.71. The zero-order valence-electron chi connectivity index (χ0n) is 11.9. The Morgan fingerprint density at radius 2 is 2.00 bits per heavy atom. The summed E-state index contributed by atoms with van der Waals surface area (Å²) in [4.78, 5) is 37.5. The average Bonchev–Trinajstić information content (AvgIpc) is 2.62. The summed E-state index contributed by atoms with van der Waals surface area (Å²) in [5.74, 6) is -1.17. The quantitative estimate of drug-likeness (QED) is 0.557. The first kappa shape index (κ1) is 15.0. The number of imide groups is 1. The second kappa shape index (κ2) is 6.35. The lowest BCUT2D eigenvalue weighted by Crippen LogP contribution is -2.61. The van der Waals surface area contributed by atoms with Gasteiger partial charge in [-0.1, -0.05) is 26.2 Å². The number of hydrogen-bond acceptors (Lipinski definition) is 4. The molecule has 3 atom stereocenters.